The number of methoxy groups -OCH3 is 2. The number of aliphatic carboxylic acids is 1. The summed E-state index contributed by atoms with van der Waals surface area (Å²) < 4.78 is 23.4. The van der Waals surface area contributed by atoms with Crippen LogP contribution in [-0.2, 0) is 27.1 Å². The van der Waals surface area contributed by atoms with Crippen LogP contribution in [0.3, 0.4) is 0 Å². The molecule has 0 bridgehead atoms. The van der Waals surface area contributed by atoms with Gasteiger partial charge in [-0.2, -0.15) is 0 Å². The van der Waals surface area contributed by atoms with Crippen LogP contribution in [0.2, 0.25) is 0 Å². The Hall–Kier alpha value is -3.35. The van der Waals surface area contributed by atoms with Gasteiger partial charge in [-0.15, -0.1) is 0 Å². The maximum Gasteiger partial charge on any atom is 0.307 e. The van der Waals surface area contributed by atoms with E-state index in [0.717, 1.165) is 24.0 Å². The Morgan fingerprint density at radius 1 is 0.806 bits per heavy atom. The zero-order valence-electron chi connectivity index (χ0n) is 20.6. The van der Waals surface area contributed by atoms with Gasteiger partial charge in [-0.1, -0.05) is 60.7 Å². The largest absolute Gasteiger partial charge is 0.496 e. The van der Waals surface area contributed by atoms with E-state index in [1.54, 1.807) is 14.2 Å². The van der Waals surface area contributed by atoms with E-state index in [-0.39, 0.29) is 30.7 Å². The average Bonchev–Trinajstić information content (AvgIpc) is 3.31. The second-order valence-electron chi connectivity index (χ2n) is 9.52. The highest BCUT2D eigenvalue weighted by Crippen LogP contribution is 2.60. The first-order chi connectivity index (χ1) is 17.6. The van der Waals surface area contributed by atoms with Crippen LogP contribution in [0.1, 0.15) is 34.1 Å². The highest BCUT2D eigenvalue weighted by molar-refractivity contribution is 5.76. The van der Waals surface area contributed by atoms with Gasteiger partial charge in [0.2, 0.25) is 0 Å². The van der Waals surface area contributed by atoms with Crippen LogP contribution in [-0.4, -0.2) is 44.8 Å². The lowest BCUT2D eigenvalue weighted by Crippen LogP contribution is -2.49. The molecule has 36 heavy (non-hydrogen) atoms. The van der Waals surface area contributed by atoms with Crippen molar-refractivity contribution in [1.29, 1.82) is 0 Å². The smallest absolute Gasteiger partial charge is 0.307 e. The first kappa shape index (κ1) is 24.3. The van der Waals surface area contributed by atoms with Crippen molar-refractivity contribution in [3.63, 3.8) is 0 Å². The number of carbonyl (C=O) groups is 1. The van der Waals surface area contributed by atoms with Crippen molar-refractivity contribution in [3.05, 3.63) is 95.1 Å². The second-order valence-corrected chi connectivity index (χ2v) is 9.52. The second kappa shape index (κ2) is 10.7. The molecule has 6 nitrogen and oxygen atoms in total. The topological polar surface area (TPSA) is 74.2 Å². The number of para-hydroxylation sites is 2. The van der Waals surface area contributed by atoms with Crippen molar-refractivity contribution < 1.29 is 28.8 Å². The van der Waals surface area contributed by atoms with Crippen molar-refractivity contribution in [2.24, 2.45) is 11.8 Å². The van der Waals surface area contributed by atoms with E-state index in [4.69, 9.17) is 18.9 Å². The lowest BCUT2D eigenvalue weighted by molar-refractivity contribution is -0.155. The molecule has 0 radical (unpaired) electrons. The molecule has 1 N–H and O–H groups in total. The molecule has 4 atom stereocenters. The Labute approximate surface area is 211 Å². The van der Waals surface area contributed by atoms with E-state index >= 15 is 0 Å². The van der Waals surface area contributed by atoms with E-state index in [0.29, 0.717) is 18.1 Å². The summed E-state index contributed by atoms with van der Waals surface area (Å²) >= 11 is 0. The van der Waals surface area contributed by atoms with Gasteiger partial charge in [0.25, 0.3) is 0 Å². The Morgan fingerprint density at radius 2 is 1.31 bits per heavy atom. The minimum Gasteiger partial charge on any atom is -0.496 e. The molecule has 188 valence electrons. The van der Waals surface area contributed by atoms with Crippen LogP contribution in [0.5, 0.6) is 11.5 Å². The molecule has 1 fully saturated rings. The van der Waals surface area contributed by atoms with Crippen molar-refractivity contribution in [2.45, 2.75) is 30.8 Å². The van der Waals surface area contributed by atoms with Gasteiger partial charge in [0.15, 0.2) is 0 Å². The number of hydrogen-bond acceptors (Lipinski definition) is 5. The molecule has 0 spiro atoms. The van der Waals surface area contributed by atoms with Crippen molar-refractivity contribution in [1.82, 2.24) is 0 Å². The molecule has 2 aliphatic rings. The summed E-state index contributed by atoms with van der Waals surface area (Å²) in [6, 6.07) is 23.7. The average molecular weight is 489 g/mol. The van der Waals surface area contributed by atoms with Gasteiger partial charge in [-0.05, 0) is 53.1 Å². The van der Waals surface area contributed by atoms with Gasteiger partial charge in [0, 0.05) is 11.8 Å². The Morgan fingerprint density at radius 3 is 1.81 bits per heavy atom. The summed E-state index contributed by atoms with van der Waals surface area (Å²) in [4.78, 5) is 12.6. The molecule has 0 saturated heterocycles. The summed E-state index contributed by atoms with van der Waals surface area (Å²) in [6.45, 7) is 0.541. The lowest BCUT2D eigenvalue weighted by atomic mass is 9.52. The third-order valence-corrected chi connectivity index (χ3v) is 7.69. The van der Waals surface area contributed by atoms with E-state index < -0.39 is 11.9 Å². The van der Waals surface area contributed by atoms with Crippen molar-refractivity contribution in [3.8, 4) is 11.5 Å². The summed E-state index contributed by atoms with van der Waals surface area (Å²) in [5.41, 5.74) is 4.44. The highest BCUT2D eigenvalue weighted by Gasteiger charge is 2.56. The summed E-state index contributed by atoms with van der Waals surface area (Å²) in [6.07, 6.45) is 1.88. The van der Waals surface area contributed by atoms with E-state index in [1.807, 2.05) is 48.5 Å². The first-order valence-corrected chi connectivity index (χ1v) is 12.4. The molecule has 0 aliphatic heterocycles. The molecule has 0 heterocycles. The standard InChI is InChI=1S/C30H32O6/c1-33-25-13-7-5-11-22(25)27-24(17-35-18-36-21-15-19-9-3-4-10-20(19)16-21)28(29(27)30(31)32)23-12-6-8-14-26(23)34-2/h3-14,21,24,27-29H,15-18H2,1-2H3,(H,31,32)/t24?,27-,28?,29?/m0/s1. The molecule has 0 amide bonds. The van der Waals surface area contributed by atoms with Crippen LogP contribution in [0.4, 0.5) is 0 Å². The fourth-order valence-electron chi connectivity index (χ4n) is 6.05. The first-order valence-electron chi connectivity index (χ1n) is 12.4. The Balaban J connectivity index is 1.35. The summed E-state index contributed by atoms with van der Waals surface area (Å²) in [5.74, 6) is -0.680. The Bertz CT molecular complexity index is 1130. The zero-order chi connectivity index (χ0) is 25.1. The van der Waals surface area contributed by atoms with Gasteiger partial charge in [0.05, 0.1) is 32.8 Å². The van der Waals surface area contributed by atoms with Crippen LogP contribution in [0, 0.1) is 11.8 Å². The van der Waals surface area contributed by atoms with Crippen LogP contribution < -0.4 is 9.47 Å². The third kappa shape index (κ3) is 4.59. The van der Waals surface area contributed by atoms with E-state index in [2.05, 4.69) is 24.3 Å². The summed E-state index contributed by atoms with van der Waals surface area (Å²) in [7, 11) is 3.23. The number of fused-ring (bicyclic) bond motifs is 1. The van der Waals surface area contributed by atoms with Crippen LogP contribution in [0.25, 0.3) is 0 Å². The van der Waals surface area contributed by atoms with Gasteiger partial charge >= 0.3 is 5.97 Å². The minimum absolute atomic E-state index is 0.0805. The molecule has 2 aliphatic carbocycles. The molecular weight excluding hydrogens is 456 g/mol. The minimum atomic E-state index is -0.835. The molecule has 3 aromatic rings. The SMILES string of the molecule is COc1ccccc1C1C(COCOC2Cc3ccccc3C2)[C@H](c2ccccc2OC)C1C(=O)O. The van der Waals surface area contributed by atoms with Gasteiger partial charge < -0.3 is 24.1 Å². The maximum absolute atomic E-state index is 12.6. The number of rotatable bonds is 10. The fourth-order valence-corrected chi connectivity index (χ4v) is 6.05. The molecule has 1 saturated carbocycles. The van der Waals surface area contributed by atoms with Gasteiger partial charge in [-0.3, -0.25) is 4.79 Å². The zero-order valence-corrected chi connectivity index (χ0v) is 20.6. The molecule has 6 heteroatoms. The molecule has 5 rings (SSSR count). The highest BCUT2D eigenvalue weighted by atomic mass is 16.7. The van der Waals surface area contributed by atoms with Gasteiger partial charge in [0.1, 0.15) is 18.3 Å². The molecule has 3 unspecified atom stereocenters. The van der Waals surface area contributed by atoms with Gasteiger partial charge in [-0.25, -0.2) is 0 Å². The number of benzene rings is 3. The predicted molar refractivity (Wildman–Crippen MR) is 136 cm³/mol. The van der Waals surface area contributed by atoms with Crippen LogP contribution >= 0.6 is 0 Å². The molecular formula is C30H32O6. The monoisotopic (exact) mass is 488 g/mol. The van der Waals surface area contributed by atoms with Crippen molar-refractivity contribution in [2.75, 3.05) is 27.6 Å². The van der Waals surface area contributed by atoms with E-state index in [1.165, 1.54) is 11.1 Å². The quantitative estimate of drug-likeness (QED) is 0.318. The van der Waals surface area contributed by atoms with Crippen LogP contribution in [0.15, 0.2) is 72.8 Å². The maximum atomic E-state index is 12.6. The number of carboxylic acids is 1. The van der Waals surface area contributed by atoms with E-state index in [9.17, 15) is 9.90 Å². The molecule has 3 aromatic carbocycles. The Kier molecular flexibility index (Phi) is 7.25. The lowest BCUT2D eigenvalue weighted by Gasteiger charge is -2.51. The number of carboxylic acid groups (broad SMARTS) is 1. The third-order valence-electron chi connectivity index (χ3n) is 7.69. The predicted octanol–water partition coefficient (Wildman–Crippen LogP) is 5.06. The molecule has 0 aromatic heterocycles. The normalized spacial score (nSPS) is 23.1. The summed E-state index contributed by atoms with van der Waals surface area (Å²) in [5, 5.41) is 10.3. The number of ether oxygens (including phenoxy) is 4. The number of hydrogen-bond donors (Lipinski definition) is 1. The fraction of sp³-hybridized carbons (Fsp3) is 0.367. The van der Waals surface area contributed by atoms with Crippen molar-refractivity contribution >= 4 is 5.97 Å².